The van der Waals surface area contributed by atoms with Crippen molar-refractivity contribution in [2.24, 2.45) is 5.84 Å². The van der Waals surface area contributed by atoms with Crippen LogP contribution >= 0.6 is 0 Å². The van der Waals surface area contributed by atoms with Gasteiger partial charge in [-0.2, -0.15) is 0 Å². The Bertz CT molecular complexity index is 143. The number of hydrogen-bond donors (Lipinski definition) is 2. The van der Waals surface area contributed by atoms with Gasteiger partial charge < -0.3 is 9.47 Å². The highest BCUT2D eigenvalue weighted by Crippen LogP contribution is 2.37. The minimum atomic E-state index is -0.0794. The third kappa shape index (κ3) is 2.20. The molecule has 4 heteroatoms. The Morgan fingerprint density at radius 3 is 2.54 bits per heavy atom. The molecule has 1 unspecified atom stereocenters. The van der Waals surface area contributed by atoms with Crippen LogP contribution in [-0.2, 0) is 9.47 Å². The van der Waals surface area contributed by atoms with Gasteiger partial charge in [0.1, 0.15) is 0 Å². The Labute approximate surface area is 79.7 Å². The van der Waals surface area contributed by atoms with E-state index in [2.05, 4.69) is 5.43 Å². The van der Waals surface area contributed by atoms with Gasteiger partial charge in [0.05, 0.1) is 18.2 Å². The molecular formula is C9H20N2O2. The first-order valence-corrected chi connectivity index (χ1v) is 4.88. The normalized spacial score (nSPS) is 22.4. The first-order valence-electron chi connectivity index (χ1n) is 4.88. The van der Waals surface area contributed by atoms with E-state index in [0.717, 1.165) is 19.4 Å². The minimum absolute atomic E-state index is 0.0794. The van der Waals surface area contributed by atoms with Gasteiger partial charge in [-0.25, -0.2) is 0 Å². The maximum atomic E-state index is 5.50. The summed E-state index contributed by atoms with van der Waals surface area (Å²) in [4.78, 5) is 0. The molecule has 0 heterocycles. The molecule has 78 valence electrons. The first kappa shape index (κ1) is 10.9. The van der Waals surface area contributed by atoms with Crippen LogP contribution in [0.5, 0.6) is 0 Å². The third-order valence-corrected chi connectivity index (χ3v) is 2.93. The maximum absolute atomic E-state index is 5.50. The Kier molecular flexibility index (Phi) is 4.12. The van der Waals surface area contributed by atoms with Crippen LogP contribution in [0.2, 0.25) is 0 Å². The lowest BCUT2D eigenvalue weighted by atomic mass is 9.75. The van der Waals surface area contributed by atoms with E-state index in [1.165, 1.54) is 6.42 Å². The third-order valence-electron chi connectivity index (χ3n) is 2.93. The predicted molar refractivity (Wildman–Crippen MR) is 51.2 cm³/mol. The molecule has 1 atom stereocenters. The summed E-state index contributed by atoms with van der Waals surface area (Å²) in [6.45, 7) is 3.33. The SMILES string of the molecule is CCOCC(NN)C1(OC)CCC1. The van der Waals surface area contributed by atoms with Gasteiger partial charge >= 0.3 is 0 Å². The molecule has 0 aliphatic heterocycles. The van der Waals surface area contributed by atoms with Crippen molar-refractivity contribution in [3.63, 3.8) is 0 Å². The molecule has 1 saturated carbocycles. The van der Waals surface area contributed by atoms with Crippen LogP contribution in [0.4, 0.5) is 0 Å². The van der Waals surface area contributed by atoms with Gasteiger partial charge in [-0.1, -0.05) is 0 Å². The Hall–Kier alpha value is -0.160. The quantitative estimate of drug-likeness (QED) is 0.468. The van der Waals surface area contributed by atoms with Gasteiger partial charge in [0, 0.05) is 13.7 Å². The molecule has 4 nitrogen and oxygen atoms in total. The summed E-state index contributed by atoms with van der Waals surface area (Å²) < 4.78 is 10.8. The number of hydrazine groups is 1. The van der Waals surface area contributed by atoms with Crippen LogP contribution in [0.1, 0.15) is 26.2 Å². The van der Waals surface area contributed by atoms with E-state index in [4.69, 9.17) is 15.3 Å². The lowest BCUT2D eigenvalue weighted by molar-refractivity contribution is -0.113. The molecule has 1 aliphatic carbocycles. The zero-order chi connectivity index (χ0) is 9.73. The molecule has 0 aromatic carbocycles. The van der Waals surface area contributed by atoms with E-state index < -0.39 is 0 Å². The number of nitrogens with one attached hydrogen (secondary N) is 1. The van der Waals surface area contributed by atoms with Gasteiger partial charge in [-0.05, 0) is 26.2 Å². The van der Waals surface area contributed by atoms with Crippen LogP contribution in [0.15, 0.2) is 0 Å². The molecule has 0 spiro atoms. The van der Waals surface area contributed by atoms with Crippen molar-refractivity contribution < 1.29 is 9.47 Å². The Morgan fingerprint density at radius 2 is 2.23 bits per heavy atom. The second-order valence-corrected chi connectivity index (χ2v) is 3.50. The van der Waals surface area contributed by atoms with E-state index in [9.17, 15) is 0 Å². The summed E-state index contributed by atoms with van der Waals surface area (Å²) in [6.07, 6.45) is 3.37. The molecule has 0 aromatic heterocycles. The largest absolute Gasteiger partial charge is 0.380 e. The van der Waals surface area contributed by atoms with Gasteiger partial charge in [0.25, 0.3) is 0 Å². The number of nitrogens with two attached hydrogens (primary N) is 1. The molecule has 3 N–H and O–H groups in total. The summed E-state index contributed by atoms with van der Waals surface area (Å²) in [7, 11) is 1.75. The van der Waals surface area contributed by atoms with Gasteiger partial charge in [-0.3, -0.25) is 11.3 Å². The van der Waals surface area contributed by atoms with E-state index in [-0.39, 0.29) is 11.6 Å². The zero-order valence-electron chi connectivity index (χ0n) is 8.51. The second kappa shape index (κ2) is 4.91. The molecule has 0 aromatic rings. The molecular weight excluding hydrogens is 168 g/mol. The van der Waals surface area contributed by atoms with Crippen LogP contribution in [0.25, 0.3) is 0 Å². The van der Waals surface area contributed by atoms with E-state index in [1.807, 2.05) is 6.92 Å². The van der Waals surface area contributed by atoms with Crippen molar-refractivity contribution >= 4 is 0 Å². The molecule has 1 fully saturated rings. The monoisotopic (exact) mass is 188 g/mol. The highest BCUT2D eigenvalue weighted by atomic mass is 16.5. The standard InChI is InChI=1S/C9H20N2O2/c1-3-13-7-8(11-10)9(12-2)5-4-6-9/h8,11H,3-7,10H2,1-2H3. The predicted octanol–water partition coefficient (Wildman–Crippen LogP) is 0.424. The summed E-state index contributed by atoms with van der Waals surface area (Å²) in [5, 5.41) is 0. The zero-order valence-corrected chi connectivity index (χ0v) is 8.51. The molecule has 13 heavy (non-hydrogen) atoms. The van der Waals surface area contributed by atoms with Gasteiger partial charge in [0.15, 0.2) is 0 Å². The average Bonchev–Trinajstić information content (AvgIpc) is 2.09. The van der Waals surface area contributed by atoms with Crippen molar-refractivity contribution in [3.05, 3.63) is 0 Å². The van der Waals surface area contributed by atoms with Crippen LogP contribution in [0.3, 0.4) is 0 Å². The van der Waals surface area contributed by atoms with Crippen molar-refractivity contribution in [1.29, 1.82) is 0 Å². The first-order chi connectivity index (χ1) is 6.29. The summed E-state index contributed by atoms with van der Waals surface area (Å²) in [5.74, 6) is 5.47. The van der Waals surface area contributed by atoms with Crippen molar-refractivity contribution in [1.82, 2.24) is 5.43 Å². The summed E-state index contributed by atoms with van der Waals surface area (Å²) in [5.41, 5.74) is 2.70. The molecule has 0 amide bonds. The lowest BCUT2D eigenvalue weighted by Crippen LogP contribution is -2.60. The number of methoxy groups -OCH3 is 1. The van der Waals surface area contributed by atoms with E-state index in [1.54, 1.807) is 7.11 Å². The van der Waals surface area contributed by atoms with Gasteiger partial charge in [0.2, 0.25) is 0 Å². The van der Waals surface area contributed by atoms with Crippen molar-refractivity contribution in [3.8, 4) is 0 Å². The number of rotatable bonds is 6. The van der Waals surface area contributed by atoms with Crippen molar-refractivity contribution in [2.75, 3.05) is 20.3 Å². The second-order valence-electron chi connectivity index (χ2n) is 3.50. The lowest BCUT2D eigenvalue weighted by Gasteiger charge is -2.45. The van der Waals surface area contributed by atoms with Crippen LogP contribution in [0, 0.1) is 0 Å². The van der Waals surface area contributed by atoms with Crippen LogP contribution < -0.4 is 11.3 Å². The number of hydrogen-bond acceptors (Lipinski definition) is 4. The minimum Gasteiger partial charge on any atom is -0.380 e. The molecule has 1 rings (SSSR count). The highest BCUT2D eigenvalue weighted by molar-refractivity contribution is 4.98. The summed E-state index contributed by atoms with van der Waals surface area (Å²) >= 11 is 0. The smallest absolute Gasteiger partial charge is 0.0866 e. The molecule has 0 radical (unpaired) electrons. The number of ether oxygens (including phenoxy) is 2. The fourth-order valence-corrected chi connectivity index (χ4v) is 1.81. The Morgan fingerprint density at radius 1 is 1.54 bits per heavy atom. The molecule has 0 bridgehead atoms. The highest BCUT2D eigenvalue weighted by Gasteiger charge is 2.44. The molecule has 1 aliphatic rings. The fraction of sp³-hybridized carbons (Fsp3) is 1.00. The fourth-order valence-electron chi connectivity index (χ4n) is 1.81. The topological polar surface area (TPSA) is 56.5 Å². The van der Waals surface area contributed by atoms with E-state index >= 15 is 0 Å². The maximum Gasteiger partial charge on any atom is 0.0866 e. The average molecular weight is 188 g/mol. The van der Waals surface area contributed by atoms with Gasteiger partial charge in [-0.15, -0.1) is 0 Å². The Balaban J connectivity index is 2.43. The van der Waals surface area contributed by atoms with E-state index in [0.29, 0.717) is 6.61 Å². The molecule has 0 saturated heterocycles. The summed E-state index contributed by atoms with van der Waals surface area (Å²) in [6, 6.07) is 0.117. The van der Waals surface area contributed by atoms with Crippen molar-refractivity contribution in [2.45, 2.75) is 37.8 Å². The van der Waals surface area contributed by atoms with Crippen LogP contribution in [-0.4, -0.2) is 32.0 Å².